The summed E-state index contributed by atoms with van der Waals surface area (Å²) in [5.74, 6) is 1.38. The highest BCUT2D eigenvalue weighted by Crippen LogP contribution is 2.43. The van der Waals surface area contributed by atoms with Gasteiger partial charge in [-0.25, -0.2) is 0 Å². The zero-order valence-corrected chi connectivity index (χ0v) is 33.5. The second kappa shape index (κ2) is 12.0. The van der Waals surface area contributed by atoms with Gasteiger partial charge in [-0.15, -0.1) is 0 Å². The molecule has 242 valence electrons. The van der Waals surface area contributed by atoms with Gasteiger partial charge < -0.3 is 16.0 Å². The van der Waals surface area contributed by atoms with Crippen molar-refractivity contribution in [1.82, 2.24) is 30.6 Å². The molecule has 0 aliphatic carbocycles. The summed E-state index contributed by atoms with van der Waals surface area (Å²) >= 11 is 4.90. The fourth-order valence-corrected chi connectivity index (χ4v) is 9.43. The van der Waals surface area contributed by atoms with Gasteiger partial charge in [0.1, 0.15) is 0 Å². The number of alkyl halides is 1. The van der Waals surface area contributed by atoms with Gasteiger partial charge in [0.25, 0.3) is 0 Å². The minimum atomic E-state index is -0.192. The van der Waals surface area contributed by atoms with E-state index in [-0.39, 0.29) is 42.7 Å². The molecule has 3 heterocycles. The summed E-state index contributed by atoms with van der Waals surface area (Å²) in [6, 6.07) is 0.507. The van der Waals surface area contributed by atoms with Crippen LogP contribution in [0.1, 0.15) is 136 Å². The SMILES string of the molecule is CC(C)(C)CC(C)(C)Nc1nc(I)nc(N(C2CC(C)(C)NC(C)(C)C2)N(C2CC(C)(C)NC(C)(C)C2)C(C)(C)I)n1. The summed E-state index contributed by atoms with van der Waals surface area (Å²) in [5.41, 5.74) is -0.0592. The third kappa shape index (κ3) is 10.2. The van der Waals surface area contributed by atoms with Crippen LogP contribution in [0.3, 0.4) is 0 Å². The van der Waals surface area contributed by atoms with Crippen molar-refractivity contribution >= 4 is 57.1 Å². The maximum Gasteiger partial charge on any atom is 0.246 e. The molecule has 1 aromatic rings. The van der Waals surface area contributed by atoms with Gasteiger partial charge in [0.15, 0.2) is 3.83 Å². The van der Waals surface area contributed by atoms with Gasteiger partial charge >= 0.3 is 0 Å². The Kier molecular flexibility index (Phi) is 10.4. The lowest BCUT2D eigenvalue weighted by atomic mass is 9.78. The second-order valence-electron chi connectivity index (χ2n) is 18.0. The summed E-state index contributed by atoms with van der Waals surface area (Å²) in [6.45, 7) is 34.7. The number of aromatic nitrogens is 3. The fraction of sp³-hybridized carbons (Fsp3) is 0.906. The molecule has 0 bridgehead atoms. The Morgan fingerprint density at radius 1 is 0.738 bits per heavy atom. The van der Waals surface area contributed by atoms with Crippen molar-refractivity contribution in [3.8, 4) is 0 Å². The maximum absolute atomic E-state index is 5.23. The van der Waals surface area contributed by atoms with Gasteiger partial charge in [0, 0.05) is 56.3 Å². The predicted molar refractivity (Wildman–Crippen MR) is 195 cm³/mol. The standard InChI is InChI=1S/C32H60I2N8/c1-26(2,3)20-31(12,13)38-24-35-23(33)36-25(37-24)41(21-16-27(4,5)39-28(6,7)17-21)42(32(14,15)34)22-18-29(8,9)40-30(10,11)19-22/h21-22,39-40H,16-20H2,1-15H3,(H,35,36,37,38). The summed E-state index contributed by atoms with van der Waals surface area (Å²) in [4.78, 5) is 15.1. The number of rotatable bonds is 8. The van der Waals surface area contributed by atoms with Crippen LogP contribution >= 0.6 is 45.2 Å². The molecular formula is C32H60I2N8. The van der Waals surface area contributed by atoms with E-state index >= 15 is 0 Å². The van der Waals surface area contributed by atoms with E-state index in [1.807, 2.05) is 0 Å². The number of hydrogen-bond donors (Lipinski definition) is 3. The number of piperidine rings is 2. The first-order chi connectivity index (χ1) is 18.6. The molecule has 1 aromatic heterocycles. The number of nitrogens with one attached hydrogen (secondary N) is 3. The molecule has 3 rings (SSSR count). The number of anilines is 2. The van der Waals surface area contributed by atoms with Gasteiger partial charge in [-0.3, -0.25) is 5.01 Å². The Labute approximate surface area is 284 Å². The molecule has 0 radical (unpaired) electrons. The highest BCUT2D eigenvalue weighted by atomic mass is 127. The summed E-state index contributed by atoms with van der Waals surface area (Å²) in [7, 11) is 0. The van der Waals surface area contributed by atoms with Crippen LogP contribution in [0.25, 0.3) is 0 Å². The van der Waals surface area contributed by atoms with Crippen molar-refractivity contribution in [2.24, 2.45) is 5.41 Å². The van der Waals surface area contributed by atoms with E-state index in [0.717, 1.165) is 38.1 Å². The number of hydrazine groups is 1. The topological polar surface area (TPSA) is 81.2 Å². The predicted octanol–water partition coefficient (Wildman–Crippen LogP) is 7.92. The first kappa shape index (κ1) is 36.4. The quantitative estimate of drug-likeness (QED) is 0.106. The van der Waals surface area contributed by atoms with Gasteiger partial charge in [-0.05, 0) is 121 Å². The van der Waals surface area contributed by atoms with Crippen molar-refractivity contribution in [1.29, 1.82) is 0 Å². The van der Waals surface area contributed by atoms with E-state index < -0.39 is 0 Å². The van der Waals surface area contributed by atoms with E-state index in [2.05, 4.69) is 175 Å². The van der Waals surface area contributed by atoms with E-state index in [1.54, 1.807) is 0 Å². The molecule has 0 spiro atoms. The fourth-order valence-electron chi connectivity index (χ4n) is 8.36. The van der Waals surface area contributed by atoms with Crippen molar-refractivity contribution < 1.29 is 0 Å². The largest absolute Gasteiger partial charge is 0.349 e. The second-order valence-corrected chi connectivity index (χ2v) is 21.6. The van der Waals surface area contributed by atoms with Crippen molar-refractivity contribution in [2.75, 3.05) is 10.3 Å². The molecule has 8 nitrogen and oxygen atoms in total. The monoisotopic (exact) mass is 810 g/mol. The first-order valence-electron chi connectivity index (χ1n) is 15.6. The van der Waals surface area contributed by atoms with E-state index in [1.165, 1.54) is 0 Å². The number of nitrogens with zero attached hydrogens (tertiary/aromatic N) is 5. The van der Waals surface area contributed by atoms with Crippen LogP contribution in [0.2, 0.25) is 0 Å². The van der Waals surface area contributed by atoms with Crippen LogP contribution in [0, 0.1) is 9.25 Å². The molecule has 3 N–H and O–H groups in total. The average Bonchev–Trinajstić information content (AvgIpc) is 2.62. The molecule has 0 aromatic carbocycles. The molecule has 42 heavy (non-hydrogen) atoms. The van der Waals surface area contributed by atoms with Crippen LogP contribution in [0.5, 0.6) is 0 Å². The Morgan fingerprint density at radius 2 is 1.17 bits per heavy atom. The molecule has 2 saturated heterocycles. The molecule has 0 amide bonds. The lowest BCUT2D eigenvalue weighted by Crippen LogP contribution is -2.71. The van der Waals surface area contributed by atoms with Gasteiger partial charge in [-0.1, -0.05) is 43.4 Å². The molecule has 2 fully saturated rings. The third-order valence-corrected chi connectivity index (χ3v) is 9.01. The highest BCUT2D eigenvalue weighted by molar-refractivity contribution is 14.1. The number of halogens is 2. The van der Waals surface area contributed by atoms with Crippen molar-refractivity contribution in [2.45, 2.75) is 179 Å². The maximum atomic E-state index is 5.23. The summed E-state index contributed by atoms with van der Waals surface area (Å²) in [6.07, 6.45) is 5.02. The molecule has 0 atom stereocenters. The van der Waals surface area contributed by atoms with Crippen LogP contribution in [-0.2, 0) is 0 Å². The Balaban J connectivity index is 2.21. The van der Waals surface area contributed by atoms with Gasteiger partial charge in [-0.2, -0.15) is 20.0 Å². The van der Waals surface area contributed by atoms with E-state index in [0.29, 0.717) is 15.8 Å². The van der Waals surface area contributed by atoms with Crippen molar-refractivity contribution in [3.63, 3.8) is 0 Å². The van der Waals surface area contributed by atoms with Crippen LogP contribution in [-0.4, -0.2) is 63.3 Å². The molecule has 0 saturated carbocycles. The lowest BCUT2D eigenvalue weighted by Gasteiger charge is -2.58. The summed E-state index contributed by atoms with van der Waals surface area (Å²) in [5, 5.41) is 16.6. The molecule has 2 aliphatic heterocycles. The normalized spacial score (nSPS) is 23.2. The average molecular weight is 811 g/mol. The Morgan fingerprint density at radius 3 is 1.57 bits per heavy atom. The smallest absolute Gasteiger partial charge is 0.246 e. The van der Waals surface area contributed by atoms with Crippen LogP contribution in [0.15, 0.2) is 0 Å². The molecular weight excluding hydrogens is 750 g/mol. The lowest BCUT2D eigenvalue weighted by molar-refractivity contribution is 0.0118. The zero-order chi connectivity index (χ0) is 32.3. The Hall–Kier alpha value is -0.0500. The molecule has 2 aliphatic rings. The van der Waals surface area contributed by atoms with E-state index in [9.17, 15) is 0 Å². The first-order valence-corrected chi connectivity index (χ1v) is 17.8. The zero-order valence-electron chi connectivity index (χ0n) is 29.2. The van der Waals surface area contributed by atoms with Crippen LogP contribution < -0.4 is 21.0 Å². The van der Waals surface area contributed by atoms with Gasteiger partial charge in [0.05, 0.1) is 9.59 Å². The highest BCUT2D eigenvalue weighted by Gasteiger charge is 2.50. The summed E-state index contributed by atoms with van der Waals surface area (Å²) < 4.78 is 0.517. The van der Waals surface area contributed by atoms with E-state index in [4.69, 9.17) is 15.0 Å². The Bertz CT molecular complexity index is 1070. The minimum Gasteiger partial charge on any atom is -0.349 e. The van der Waals surface area contributed by atoms with Crippen LogP contribution in [0.4, 0.5) is 11.9 Å². The third-order valence-electron chi connectivity index (χ3n) is 8.03. The van der Waals surface area contributed by atoms with Crippen molar-refractivity contribution in [3.05, 3.63) is 3.83 Å². The molecule has 10 heteroatoms. The van der Waals surface area contributed by atoms with Gasteiger partial charge in [0.2, 0.25) is 11.9 Å². The molecule has 0 unspecified atom stereocenters. The minimum absolute atomic E-state index is 0.00209. The number of hydrogen-bond acceptors (Lipinski definition) is 8.